The average Bonchev–Trinajstić information content (AvgIpc) is 3.08. The van der Waals surface area contributed by atoms with Crippen LogP contribution in [0, 0.1) is 6.92 Å². The van der Waals surface area contributed by atoms with E-state index in [2.05, 4.69) is 153 Å². The summed E-state index contributed by atoms with van der Waals surface area (Å²) in [5, 5.41) is 13.3. The summed E-state index contributed by atoms with van der Waals surface area (Å²) in [5.74, 6) is 0. The summed E-state index contributed by atoms with van der Waals surface area (Å²) in [7, 11) is 0. The molecule has 1 heteroatoms. The molecule has 0 saturated heterocycles. The van der Waals surface area contributed by atoms with Crippen LogP contribution in [0.2, 0.25) is 0 Å². The largest absolute Gasteiger partial charge is 0.142 e. The van der Waals surface area contributed by atoms with Gasteiger partial charge >= 0.3 is 0 Å². The van der Waals surface area contributed by atoms with Gasteiger partial charge in [-0.1, -0.05) is 133 Å². The van der Waals surface area contributed by atoms with Crippen molar-refractivity contribution in [3.63, 3.8) is 0 Å². The smallest absolute Gasteiger partial charge is 0.0197 e. The van der Waals surface area contributed by atoms with Crippen molar-refractivity contribution < 1.29 is 0 Å². The molecule has 0 aromatic heterocycles. The Morgan fingerprint density at radius 3 is 1.52 bits per heavy atom. The Hall–Kier alpha value is -5.11. The Labute approximate surface area is 262 Å². The number of aryl methyl sites for hydroxylation is 1. The minimum Gasteiger partial charge on any atom is -0.142 e. The van der Waals surface area contributed by atoms with Gasteiger partial charge in [0, 0.05) is 4.90 Å². The number of thiol groups is 1. The summed E-state index contributed by atoms with van der Waals surface area (Å²) >= 11 is 5.07. The van der Waals surface area contributed by atoms with Gasteiger partial charge in [-0.3, -0.25) is 0 Å². The highest BCUT2D eigenvalue weighted by Crippen LogP contribution is 2.45. The number of rotatable bonds is 3. The zero-order chi connectivity index (χ0) is 29.4. The van der Waals surface area contributed by atoms with E-state index in [1.807, 2.05) is 0 Å². The van der Waals surface area contributed by atoms with E-state index < -0.39 is 0 Å². The zero-order valence-corrected chi connectivity index (χ0v) is 25.2. The summed E-state index contributed by atoms with van der Waals surface area (Å²) in [5.41, 5.74) is 8.37. The Morgan fingerprint density at radius 2 is 0.841 bits per heavy atom. The van der Waals surface area contributed by atoms with Crippen LogP contribution in [0.4, 0.5) is 0 Å². The molecule has 0 aliphatic rings. The molecule has 0 aliphatic carbocycles. The van der Waals surface area contributed by atoms with Crippen molar-refractivity contribution in [1.29, 1.82) is 0 Å². The van der Waals surface area contributed by atoms with Gasteiger partial charge in [-0.2, -0.15) is 0 Å². The molecular formula is C43H28S. The minimum absolute atomic E-state index is 1.01. The molecule has 0 atom stereocenters. The molecular weight excluding hydrogens is 549 g/mol. The van der Waals surface area contributed by atoms with Crippen LogP contribution in [-0.2, 0) is 0 Å². The summed E-state index contributed by atoms with van der Waals surface area (Å²) < 4.78 is 0. The van der Waals surface area contributed by atoms with E-state index in [-0.39, 0.29) is 0 Å². The van der Waals surface area contributed by atoms with Crippen molar-refractivity contribution in [2.24, 2.45) is 0 Å². The first kappa shape index (κ1) is 25.4. The van der Waals surface area contributed by atoms with E-state index in [9.17, 15) is 0 Å². The third-order valence-electron chi connectivity index (χ3n) is 9.47. The first-order valence-electron chi connectivity index (χ1n) is 15.2. The molecule has 44 heavy (non-hydrogen) atoms. The van der Waals surface area contributed by atoms with E-state index in [1.54, 1.807) is 0 Å². The molecule has 0 heterocycles. The van der Waals surface area contributed by atoms with Gasteiger partial charge in [0.25, 0.3) is 0 Å². The zero-order valence-electron chi connectivity index (χ0n) is 24.3. The van der Waals surface area contributed by atoms with Crippen molar-refractivity contribution in [2.75, 3.05) is 0 Å². The van der Waals surface area contributed by atoms with E-state index >= 15 is 0 Å². The number of hydrogen-bond acceptors (Lipinski definition) is 1. The SMILES string of the molecule is Cc1ccc(-c2ccc3c(c2)c2cccc4c5ccccc5c5cccc3c5c42)cc1-c1cccc(-c2ccccc2)c1S. The third kappa shape index (κ3) is 3.66. The lowest BCUT2D eigenvalue weighted by Crippen LogP contribution is -1.91. The first-order chi connectivity index (χ1) is 21.7. The highest BCUT2D eigenvalue weighted by molar-refractivity contribution is 7.80. The van der Waals surface area contributed by atoms with Crippen molar-refractivity contribution in [3.8, 4) is 33.4 Å². The standard InChI is InChI=1S/C43H28S/c1-26-20-21-28(24-39(26)38-19-7-14-30(43(38)44)27-10-3-2-4-11-27)29-22-23-33-36-17-8-15-34-31-12-5-6-13-32(31)35-16-9-18-37(40(33)25-29)42(35)41(34)36/h2-25,44H,1H3. The Morgan fingerprint density at radius 1 is 0.341 bits per heavy atom. The van der Waals surface area contributed by atoms with Crippen molar-refractivity contribution in [1.82, 2.24) is 0 Å². The molecule has 0 amide bonds. The van der Waals surface area contributed by atoms with Crippen LogP contribution >= 0.6 is 12.6 Å². The van der Waals surface area contributed by atoms with Crippen molar-refractivity contribution in [2.45, 2.75) is 11.8 Å². The Kier molecular flexibility index (Phi) is 5.60. The van der Waals surface area contributed by atoms with Gasteiger partial charge in [0.05, 0.1) is 0 Å². The summed E-state index contributed by atoms with van der Waals surface area (Å²) in [6.45, 7) is 2.19. The molecule has 0 spiro atoms. The van der Waals surface area contributed by atoms with Crippen LogP contribution in [-0.4, -0.2) is 0 Å². The van der Waals surface area contributed by atoms with Gasteiger partial charge in [-0.15, -0.1) is 12.6 Å². The predicted molar refractivity (Wildman–Crippen MR) is 193 cm³/mol. The van der Waals surface area contributed by atoms with Gasteiger partial charge in [-0.05, 0) is 112 Å². The molecule has 0 nitrogen and oxygen atoms in total. The molecule has 0 bridgehead atoms. The maximum atomic E-state index is 5.07. The van der Waals surface area contributed by atoms with E-state index in [1.165, 1.54) is 81.7 Å². The van der Waals surface area contributed by atoms with E-state index in [0.717, 1.165) is 16.0 Å². The Bertz CT molecular complexity index is 2560. The van der Waals surface area contributed by atoms with Crippen LogP contribution in [0.1, 0.15) is 5.56 Å². The molecule has 9 aromatic carbocycles. The van der Waals surface area contributed by atoms with Crippen LogP contribution in [0.25, 0.3) is 87.2 Å². The normalized spacial score (nSPS) is 11.9. The average molecular weight is 577 g/mol. The lowest BCUT2D eigenvalue weighted by atomic mass is 9.85. The fourth-order valence-electron chi connectivity index (χ4n) is 7.38. The van der Waals surface area contributed by atoms with E-state index in [0.29, 0.717) is 0 Å². The van der Waals surface area contributed by atoms with Gasteiger partial charge in [0.1, 0.15) is 0 Å². The van der Waals surface area contributed by atoms with Crippen LogP contribution < -0.4 is 0 Å². The second-order valence-electron chi connectivity index (χ2n) is 11.9. The van der Waals surface area contributed by atoms with E-state index in [4.69, 9.17) is 12.6 Å². The van der Waals surface area contributed by atoms with Gasteiger partial charge in [-0.25, -0.2) is 0 Å². The van der Waals surface area contributed by atoms with Crippen LogP contribution in [0.3, 0.4) is 0 Å². The molecule has 9 aromatic rings. The van der Waals surface area contributed by atoms with Crippen molar-refractivity contribution in [3.05, 3.63) is 151 Å². The first-order valence-corrected chi connectivity index (χ1v) is 15.6. The second kappa shape index (κ2) is 9.71. The monoisotopic (exact) mass is 576 g/mol. The summed E-state index contributed by atoms with van der Waals surface area (Å²) in [4.78, 5) is 1.01. The maximum Gasteiger partial charge on any atom is 0.0197 e. The number of hydrogen-bond donors (Lipinski definition) is 1. The lowest BCUT2D eigenvalue weighted by Gasteiger charge is -2.18. The van der Waals surface area contributed by atoms with Crippen molar-refractivity contribution >= 4 is 66.5 Å². The molecule has 206 valence electrons. The number of fused-ring (bicyclic) bond motifs is 6. The van der Waals surface area contributed by atoms with Crippen LogP contribution in [0.5, 0.6) is 0 Å². The molecule has 0 unspecified atom stereocenters. The highest BCUT2D eigenvalue weighted by atomic mass is 32.1. The molecule has 0 aliphatic heterocycles. The lowest BCUT2D eigenvalue weighted by molar-refractivity contribution is 1.39. The predicted octanol–water partition coefficient (Wildman–Crippen LogP) is 12.5. The molecule has 9 rings (SSSR count). The maximum absolute atomic E-state index is 5.07. The quantitative estimate of drug-likeness (QED) is 0.121. The topological polar surface area (TPSA) is 0 Å². The van der Waals surface area contributed by atoms with Crippen LogP contribution in [0.15, 0.2) is 150 Å². The number of benzene rings is 9. The summed E-state index contributed by atoms with van der Waals surface area (Å²) in [6.07, 6.45) is 0. The van der Waals surface area contributed by atoms with Gasteiger partial charge in [0.15, 0.2) is 0 Å². The molecule has 0 N–H and O–H groups in total. The van der Waals surface area contributed by atoms with Gasteiger partial charge in [0.2, 0.25) is 0 Å². The summed E-state index contributed by atoms with van der Waals surface area (Å²) in [6, 6.07) is 53.3. The highest BCUT2D eigenvalue weighted by Gasteiger charge is 2.17. The minimum atomic E-state index is 1.01. The molecule has 0 radical (unpaired) electrons. The fraction of sp³-hybridized carbons (Fsp3) is 0.0233. The third-order valence-corrected chi connectivity index (χ3v) is 9.95. The Balaban J connectivity index is 1.28. The second-order valence-corrected chi connectivity index (χ2v) is 12.3. The fourth-order valence-corrected chi connectivity index (χ4v) is 7.78. The van der Waals surface area contributed by atoms with Gasteiger partial charge < -0.3 is 0 Å². The molecule has 0 saturated carbocycles. The molecule has 0 fully saturated rings.